The van der Waals surface area contributed by atoms with Crippen LogP contribution in [-0.4, -0.2) is 37.7 Å². The Morgan fingerprint density at radius 1 is 1.20 bits per heavy atom. The minimum atomic E-state index is -4.59. The first kappa shape index (κ1) is 16.4. The number of anilines is 2. The molecule has 0 aromatic carbocycles. The van der Waals surface area contributed by atoms with Crippen molar-refractivity contribution in [3.05, 3.63) is 42.0 Å². The molecule has 0 aliphatic rings. The maximum absolute atomic E-state index is 12.9. The molecule has 0 fully saturated rings. The highest BCUT2D eigenvalue weighted by Gasteiger charge is 2.34. The number of rotatable bonds is 5. The summed E-state index contributed by atoms with van der Waals surface area (Å²) in [6, 6.07) is 6.11. The van der Waals surface area contributed by atoms with Gasteiger partial charge in [0.05, 0.1) is 5.56 Å². The van der Waals surface area contributed by atoms with Crippen LogP contribution in [0.15, 0.2) is 30.7 Å². The fourth-order valence-corrected chi connectivity index (χ4v) is 2.09. The summed E-state index contributed by atoms with van der Waals surface area (Å²) >= 11 is 0. The van der Waals surface area contributed by atoms with Gasteiger partial charge in [0.25, 0.3) is 5.78 Å². The van der Waals surface area contributed by atoms with Gasteiger partial charge in [-0.2, -0.15) is 33.0 Å². The Bertz CT molecular complexity index is 928. The van der Waals surface area contributed by atoms with Gasteiger partial charge in [-0.3, -0.25) is 0 Å². The van der Waals surface area contributed by atoms with Crippen LogP contribution in [0.25, 0.3) is 5.78 Å². The summed E-state index contributed by atoms with van der Waals surface area (Å²) in [5, 5.41) is 18.6. The van der Waals surface area contributed by atoms with Gasteiger partial charge in [-0.1, -0.05) is 0 Å². The summed E-state index contributed by atoms with van der Waals surface area (Å²) in [7, 11) is 0. The molecule has 3 heterocycles. The maximum atomic E-state index is 12.9. The summed E-state index contributed by atoms with van der Waals surface area (Å²) in [4.78, 5) is 11.2. The number of alkyl halides is 3. The highest BCUT2D eigenvalue weighted by atomic mass is 19.4. The van der Waals surface area contributed by atoms with E-state index in [9.17, 15) is 13.2 Å². The molecule has 3 aromatic rings. The molecule has 128 valence electrons. The minimum Gasteiger partial charge on any atom is -0.368 e. The Labute approximate surface area is 139 Å². The molecule has 25 heavy (non-hydrogen) atoms. The van der Waals surface area contributed by atoms with Gasteiger partial charge in [0.1, 0.15) is 24.0 Å². The van der Waals surface area contributed by atoms with Crippen LogP contribution in [0.4, 0.5) is 24.8 Å². The number of hydrogen-bond acceptors (Lipinski definition) is 7. The van der Waals surface area contributed by atoms with Crippen LogP contribution in [0.5, 0.6) is 0 Å². The van der Waals surface area contributed by atoms with E-state index < -0.39 is 11.9 Å². The van der Waals surface area contributed by atoms with E-state index in [1.54, 1.807) is 12.1 Å². The lowest BCUT2D eigenvalue weighted by Gasteiger charge is -2.12. The molecular weight excluding hydrogens is 337 g/mol. The number of pyridine rings is 1. The second kappa shape index (κ2) is 6.60. The number of nitrogens with one attached hydrogen (secondary N) is 2. The smallest absolute Gasteiger partial charge is 0.368 e. The molecule has 0 aliphatic heterocycles. The molecule has 0 aliphatic carbocycles. The molecule has 0 saturated carbocycles. The van der Waals surface area contributed by atoms with Crippen molar-refractivity contribution < 1.29 is 13.2 Å². The molecule has 0 amide bonds. The summed E-state index contributed by atoms with van der Waals surface area (Å²) < 4.78 is 39.9. The Kier molecular flexibility index (Phi) is 4.34. The molecule has 0 radical (unpaired) electrons. The Hall–Kier alpha value is -3.42. The van der Waals surface area contributed by atoms with E-state index in [1.165, 1.54) is 10.7 Å². The van der Waals surface area contributed by atoms with Crippen LogP contribution in [0, 0.1) is 11.3 Å². The van der Waals surface area contributed by atoms with Crippen molar-refractivity contribution in [1.29, 1.82) is 5.26 Å². The van der Waals surface area contributed by atoms with Gasteiger partial charge in [0.15, 0.2) is 5.69 Å². The van der Waals surface area contributed by atoms with Gasteiger partial charge in [-0.25, -0.2) is 9.97 Å². The summed E-state index contributed by atoms with van der Waals surface area (Å²) in [6.45, 7) is 0.587. The van der Waals surface area contributed by atoms with Gasteiger partial charge in [0.2, 0.25) is 0 Å². The molecule has 0 saturated heterocycles. The molecular formula is C14H11F3N8. The number of halogens is 3. The van der Waals surface area contributed by atoms with E-state index in [0.29, 0.717) is 17.9 Å². The summed E-state index contributed by atoms with van der Waals surface area (Å²) in [5.74, 6) is 0.364. The molecule has 0 unspecified atom stereocenters. The zero-order valence-corrected chi connectivity index (χ0v) is 12.6. The number of fused-ring (bicyclic) bond motifs is 1. The van der Waals surface area contributed by atoms with Crippen molar-refractivity contribution in [2.24, 2.45) is 0 Å². The third-order valence-corrected chi connectivity index (χ3v) is 3.19. The zero-order valence-electron chi connectivity index (χ0n) is 12.6. The molecule has 0 bridgehead atoms. The third kappa shape index (κ3) is 3.57. The van der Waals surface area contributed by atoms with Gasteiger partial charge in [-0.15, -0.1) is 0 Å². The molecule has 0 spiro atoms. The maximum Gasteiger partial charge on any atom is 0.433 e. The standard InChI is InChI=1S/C14H11F3N8/c15-14(16,17)10-6-11(25-13(24-10)22-8-23-25)19-4-5-21-12-9(7-18)2-1-3-20-12/h1-3,6,8,19H,4-5H2,(H,20,21). The lowest BCUT2D eigenvalue weighted by molar-refractivity contribution is -0.141. The quantitative estimate of drug-likeness (QED) is 0.679. The number of hydrogen-bond donors (Lipinski definition) is 2. The third-order valence-electron chi connectivity index (χ3n) is 3.19. The molecule has 0 atom stereocenters. The van der Waals surface area contributed by atoms with Crippen molar-refractivity contribution in [3.8, 4) is 6.07 Å². The monoisotopic (exact) mass is 348 g/mol. The lowest BCUT2D eigenvalue weighted by Crippen LogP contribution is -2.18. The van der Waals surface area contributed by atoms with Crippen LogP contribution in [-0.2, 0) is 6.18 Å². The van der Waals surface area contributed by atoms with Crippen LogP contribution >= 0.6 is 0 Å². The van der Waals surface area contributed by atoms with E-state index in [0.717, 1.165) is 12.4 Å². The Balaban J connectivity index is 1.71. The average Bonchev–Trinajstić information content (AvgIpc) is 3.07. The summed E-state index contributed by atoms with van der Waals surface area (Å²) in [5.41, 5.74) is -0.676. The van der Waals surface area contributed by atoms with Crippen molar-refractivity contribution >= 4 is 17.4 Å². The molecule has 2 N–H and O–H groups in total. The van der Waals surface area contributed by atoms with E-state index >= 15 is 0 Å². The summed E-state index contributed by atoms with van der Waals surface area (Å²) in [6.07, 6.45) is -1.93. The van der Waals surface area contributed by atoms with Crippen LogP contribution in [0.2, 0.25) is 0 Å². The Morgan fingerprint density at radius 2 is 2.00 bits per heavy atom. The normalized spacial score (nSPS) is 11.3. The molecule has 11 heteroatoms. The van der Waals surface area contributed by atoms with E-state index in [-0.39, 0.29) is 18.1 Å². The molecule has 8 nitrogen and oxygen atoms in total. The zero-order chi connectivity index (χ0) is 17.9. The predicted molar refractivity (Wildman–Crippen MR) is 81.7 cm³/mol. The van der Waals surface area contributed by atoms with Crippen LogP contribution in [0.1, 0.15) is 11.3 Å². The van der Waals surface area contributed by atoms with Crippen LogP contribution < -0.4 is 10.6 Å². The first-order valence-corrected chi connectivity index (χ1v) is 7.10. The van der Waals surface area contributed by atoms with Gasteiger partial charge in [0, 0.05) is 25.4 Å². The van der Waals surface area contributed by atoms with E-state index in [2.05, 4.69) is 30.7 Å². The molecule has 3 rings (SSSR count). The first-order chi connectivity index (χ1) is 12.0. The van der Waals surface area contributed by atoms with Crippen molar-refractivity contribution in [1.82, 2.24) is 24.6 Å². The fourth-order valence-electron chi connectivity index (χ4n) is 2.09. The largest absolute Gasteiger partial charge is 0.433 e. The second-order valence-electron chi connectivity index (χ2n) is 4.86. The van der Waals surface area contributed by atoms with Crippen molar-refractivity contribution in [2.75, 3.05) is 23.7 Å². The highest BCUT2D eigenvalue weighted by molar-refractivity contribution is 5.51. The van der Waals surface area contributed by atoms with Gasteiger partial charge >= 0.3 is 6.18 Å². The number of nitriles is 1. The number of aromatic nitrogens is 5. The van der Waals surface area contributed by atoms with Crippen molar-refractivity contribution in [3.63, 3.8) is 0 Å². The fraction of sp³-hybridized carbons (Fsp3) is 0.214. The highest BCUT2D eigenvalue weighted by Crippen LogP contribution is 2.29. The predicted octanol–water partition coefficient (Wildman–Crippen LogP) is 1.93. The minimum absolute atomic E-state index is 0.109. The van der Waals surface area contributed by atoms with Crippen molar-refractivity contribution in [2.45, 2.75) is 6.18 Å². The molecule has 3 aromatic heterocycles. The first-order valence-electron chi connectivity index (χ1n) is 7.10. The van der Waals surface area contributed by atoms with Crippen LogP contribution in [0.3, 0.4) is 0 Å². The number of nitrogens with zero attached hydrogens (tertiary/aromatic N) is 6. The lowest BCUT2D eigenvalue weighted by atomic mass is 10.3. The van der Waals surface area contributed by atoms with E-state index in [1.807, 2.05) is 6.07 Å². The Morgan fingerprint density at radius 3 is 2.76 bits per heavy atom. The van der Waals surface area contributed by atoms with Gasteiger partial charge < -0.3 is 10.6 Å². The average molecular weight is 348 g/mol. The second-order valence-corrected chi connectivity index (χ2v) is 4.86. The SMILES string of the molecule is N#Cc1cccnc1NCCNc1cc(C(F)(F)F)nc2ncnn12. The topological polar surface area (TPSA) is 104 Å². The van der Waals surface area contributed by atoms with Gasteiger partial charge in [-0.05, 0) is 12.1 Å². The van der Waals surface area contributed by atoms with E-state index in [4.69, 9.17) is 5.26 Å².